The maximum Gasteiger partial charge on any atom is 0.422 e. The molecule has 1 amide bonds. The summed E-state index contributed by atoms with van der Waals surface area (Å²) in [5.74, 6) is -15.5. The molecule has 3 N–H and O–H groups in total. The summed E-state index contributed by atoms with van der Waals surface area (Å²) in [5, 5.41) is 34.7. The first-order chi connectivity index (χ1) is 38.3. The minimum absolute atomic E-state index is 0.0110. The molecule has 2 aliphatic carbocycles. The normalized spacial score (nSPS) is 39.2. The Labute approximate surface area is 478 Å². The van der Waals surface area contributed by atoms with Crippen molar-refractivity contribution in [2.75, 3.05) is 41.1 Å². The molecule has 4 heterocycles. The van der Waals surface area contributed by atoms with Gasteiger partial charge in [0.05, 0.1) is 49.5 Å². The molecule has 450 valence electrons. The van der Waals surface area contributed by atoms with Crippen molar-refractivity contribution in [1.82, 2.24) is 4.90 Å². The average molecular weight is 1140 g/mol. The van der Waals surface area contributed by atoms with E-state index in [2.05, 4.69) is 9.69 Å². The molecule has 20 nitrogen and oxygen atoms in total. The van der Waals surface area contributed by atoms with Gasteiger partial charge in [0.15, 0.2) is 5.78 Å². The van der Waals surface area contributed by atoms with Gasteiger partial charge in [0.1, 0.15) is 30.1 Å². The predicted molar refractivity (Wildman–Crippen MR) is 295 cm³/mol. The van der Waals surface area contributed by atoms with Crippen molar-refractivity contribution < 1.29 is 82.0 Å². The van der Waals surface area contributed by atoms with E-state index >= 15 is 0 Å². The van der Waals surface area contributed by atoms with Gasteiger partial charge in [-0.2, -0.15) is 0 Å². The zero-order valence-corrected chi connectivity index (χ0v) is 49.6. The van der Waals surface area contributed by atoms with Crippen molar-refractivity contribution in [3.8, 4) is 0 Å². The standard InChI is InChI=1S/C61H89N3O17/c1-15-78-57(72)59(62-10)42-22-24-44(60(59,63-11)58(73)79-16-2)34(3)27-38(7)51(67)53(77-14)52(68)39(8)28-35(4)47(66)33-49(36(5)29-41-21-25-46(65)50(31-41)76-13)80-56(71)45-19-17-18-26-64(45)55(70)54(69)61(74)40(9)20-23-43(81-61)32-48(75-12)37(6)30-42/h22,24,28,30,34-36,38,40-46,48-50,52-53,65,68,74H,15-21,23,25-27,29,31-33H2,1-9,12-14H3/b37-30?,39-28+. The molecule has 6 rings (SSSR count). The second kappa shape index (κ2) is 28.9. The van der Waals surface area contributed by atoms with Crippen LogP contribution in [-0.4, -0.2) is 168 Å². The fourth-order valence-electron chi connectivity index (χ4n) is 13.2. The van der Waals surface area contributed by atoms with Crippen molar-refractivity contribution in [3.05, 3.63) is 58.3 Å². The number of methoxy groups -OCH3 is 3. The number of ether oxygens (including phenoxy) is 7. The SMILES string of the molecule is [C-]#[N+]C1(C(=O)OCC)C2C=CC(C(C)CC(C)C(=O)C(OC)C(O)/C(C)=C/C(C)C(=O)CC(C(C)CC3CCC(O)C(OC)C3)OC(=O)C3CCCCN3C(=O)C(=O)C3(O)OC(CCC3C)CC(OC)C(C)=C2)C1([N+]#[C-])C(=O)OCC. The lowest BCUT2D eigenvalue weighted by Gasteiger charge is -2.43. The van der Waals surface area contributed by atoms with Gasteiger partial charge in [-0.3, -0.25) is 28.9 Å². The van der Waals surface area contributed by atoms with E-state index in [0.29, 0.717) is 50.5 Å². The Morgan fingerprint density at radius 2 is 1.47 bits per heavy atom. The first-order valence-corrected chi connectivity index (χ1v) is 29.0. The van der Waals surface area contributed by atoms with Crippen molar-refractivity contribution in [2.45, 2.75) is 205 Å². The van der Waals surface area contributed by atoms with E-state index in [1.165, 1.54) is 41.3 Å². The van der Waals surface area contributed by atoms with Gasteiger partial charge in [-0.15, -0.1) is 0 Å². The number of amides is 1. The molecule has 81 heavy (non-hydrogen) atoms. The van der Waals surface area contributed by atoms with E-state index in [4.69, 9.17) is 46.3 Å². The summed E-state index contributed by atoms with van der Waals surface area (Å²) >= 11 is 0. The number of allylic oxidation sites excluding steroid dienone is 1. The fraction of sp³-hybridized carbons (Fsp3) is 0.754. The number of carbonyl (C=O) groups excluding carboxylic acids is 7. The number of piperidine rings is 1. The lowest BCUT2D eigenvalue weighted by molar-refractivity contribution is -0.265. The zero-order chi connectivity index (χ0) is 60.3. The van der Waals surface area contributed by atoms with Crippen LogP contribution >= 0.6 is 0 Å². The Bertz CT molecular complexity index is 2460. The average Bonchev–Trinajstić information content (AvgIpc) is 3.34. The highest BCUT2D eigenvalue weighted by Gasteiger charge is 2.83. The molecule has 19 unspecified atom stereocenters. The molecular formula is C61H89N3O17. The molecule has 1 saturated carbocycles. The quantitative estimate of drug-likeness (QED) is 0.0712. The molecule has 0 radical (unpaired) electrons. The number of Topliss-reactive ketones (excluding diaryl/α,β-unsaturated/α-hetero) is 3. The largest absolute Gasteiger partial charge is 0.460 e. The number of fused-ring (bicyclic) bond motifs is 16. The fourth-order valence-corrected chi connectivity index (χ4v) is 13.2. The first kappa shape index (κ1) is 66.6. The highest BCUT2D eigenvalue weighted by Crippen LogP contribution is 2.53. The number of esters is 3. The van der Waals surface area contributed by atoms with Crippen LogP contribution in [0.25, 0.3) is 9.69 Å². The van der Waals surface area contributed by atoms with Gasteiger partial charge in [-0.1, -0.05) is 58.9 Å². The van der Waals surface area contributed by atoms with Crippen LogP contribution in [0.15, 0.2) is 35.5 Å². The minimum Gasteiger partial charge on any atom is -0.460 e. The summed E-state index contributed by atoms with van der Waals surface area (Å²) in [6.07, 6.45) is 2.84. The van der Waals surface area contributed by atoms with Gasteiger partial charge in [0.25, 0.3) is 11.7 Å². The van der Waals surface area contributed by atoms with Crippen molar-refractivity contribution in [1.29, 1.82) is 0 Å². The van der Waals surface area contributed by atoms with Crippen LogP contribution < -0.4 is 0 Å². The lowest BCUT2D eigenvalue weighted by Crippen LogP contribution is -2.69. The summed E-state index contributed by atoms with van der Waals surface area (Å²) < 4.78 is 41.0. The van der Waals surface area contributed by atoms with E-state index in [1.54, 1.807) is 59.8 Å². The molecule has 2 saturated heterocycles. The number of hydrogen-bond acceptors (Lipinski definition) is 17. The molecule has 19 atom stereocenters. The number of hydrogen-bond donors (Lipinski definition) is 3. The number of carbonyl (C=O) groups is 7. The van der Waals surface area contributed by atoms with Crippen LogP contribution in [0, 0.1) is 60.5 Å². The second-order valence-electron chi connectivity index (χ2n) is 23.5. The Morgan fingerprint density at radius 3 is 2.07 bits per heavy atom. The van der Waals surface area contributed by atoms with Crippen LogP contribution in [-0.2, 0) is 66.7 Å². The number of rotatable bonds is 10. The highest BCUT2D eigenvalue weighted by atomic mass is 16.6. The monoisotopic (exact) mass is 1140 g/mol. The van der Waals surface area contributed by atoms with Crippen LogP contribution in [0.2, 0.25) is 0 Å². The van der Waals surface area contributed by atoms with E-state index in [1.807, 2.05) is 6.92 Å². The Kier molecular flexibility index (Phi) is 23.7. The number of nitrogens with zero attached hydrogens (tertiary/aromatic N) is 3. The van der Waals surface area contributed by atoms with Crippen molar-refractivity contribution in [2.24, 2.45) is 47.3 Å². The van der Waals surface area contributed by atoms with Gasteiger partial charge in [0, 0.05) is 58.5 Å². The molecule has 4 aliphatic heterocycles. The van der Waals surface area contributed by atoms with Gasteiger partial charge < -0.3 is 53.4 Å². The molecule has 0 spiro atoms. The molecule has 20 heteroatoms. The van der Waals surface area contributed by atoms with Gasteiger partial charge in [-0.05, 0) is 121 Å². The maximum atomic E-state index is 14.7. The molecule has 4 bridgehead atoms. The topological polar surface area (TPSA) is 257 Å². The summed E-state index contributed by atoms with van der Waals surface area (Å²) in [6.45, 7) is 31.8. The molecule has 0 aromatic carbocycles. The van der Waals surface area contributed by atoms with Gasteiger partial charge in [-0.25, -0.2) is 27.5 Å². The Hall–Kier alpha value is -5.19. The number of ketones is 3. The van der Waals surface area contributed by atoms with E-state index in [-0.39, 0.29) is 69.1 Å². The van der Waals surface area contributed by atoms with Crippen LogP contribution in [0.3, 0.4) is 0 Å². The molecule has 6 aliphatic rings. The minimum atomic E-state index is -2.64. The Balaban J connectivity index is 1.65. The van der Waals surface area contributed by atoms with Gasteiger partial charge in [0.2, 0.25) is 5.79 Å². The van der Waals surface area contributed by atoms with Crippen molar-refractivity contribution in [3.63, 3.8) is 0 Å². The summed E-state index contributed by atoms with van der Waals surface area (Å²) in [5.41, 5.74) is -4.54. The van der Waals surface area contributed by atoms with Crippen molar-refractivity contribution >= 4 is 41.2 Å². The van der Waals surface area contributed by atoms with Gasteiger partial charge >= 0.3 is 29.0 Å². The first-order valence-electron chi connectivity index (χ1n) is 29.0. The number of aliphatic hydroxyl groups excluding tert-OH is 2. The molecule has 0 aromatic rings. The highest BCUT2D eigenvalue weighted by molar-refractivity contribution is 6.39. The lowest BCUT2D eigenvalue weighted by atomic mass is 9.56. The third-order valence-electron chi connectivity index (χ3n) is 18.1. The van der Waals surface area contributed by atoms with Crippen LogP contribution in [0.1, 0.15) is 139 Å². The Morgan fingerprint density at radius 1 is 0.815 bits per heavy atom. The summed E-state index contributed by atoms with van der Waals surface area (Å²) in [6, 6.07) is -1.25. The van der Waals surface area contributed by atoms with E-state index in [0.717, 1.165) is 4.90 Å². The molecule has 3 fully saturated rings. The van der Waals surface area contributed by atoms with E-state index < -0.39 is 142 Å². The van der Waals surface area contributed by atoms with E-state index in [9.17, 15) is 48.9 Å². The predicted octanol–water partition coefficient (Wildman–Crippen LogP) is 6.31. The summed E-state index contributed by atoms with van der Waals surface area (Å²) in [7, 11) is 4.21. The third-order valence-corrected chi connectivity index (χ3v) is 18.1. The maximum absolute atomic E-state index is 14.7. The molecular weight excluding hydrogens is 1050 g/mol. The molecule has 0 aromatic heterocycles. The summed E-state index contributed by atoms with van der Waals surface area (Å²) in [4.78, 5) is 111. The third kappa shape index (κ3) is 13.9. The van der Waals surface area contributed by atoms with Crippen LogP contribution in [0.5, 0.6) is 0 Å². The second-order valence-corrected chi connectivity index (χ2v) is 23.5. The zero-order valence-electron chi connectivity index (χ0n) is 49.6. The van der Waals surface area contributed by atoms with Crippen LogP contribution in [0.4, 0.5) is 0 Å². The number of aliphatic hydroxyl groups is 3. The smallest absolute Gasteiger partial charge is 0.422 e.